The van der Waals surface area contributed by atoms with Crippen molar-refractivity contribution in [1.29, 1.82) is 0 Å². The van der Waals surface area contributed by atoms with Gasteiger partial charge in [0.15, 0.2) is 5.11 Å². The SMILES string of the molecule is CC[C@H](NC(=S)Nc1ncccc1C)c1ccccc1. The Hall–Kier alpha value is -1.94. The number of anilines is 1. The van der Waals surface area contributed by atoms with Gasteiger partial charge in [-0.15, -0.1) is 0 Å². The summed E-state index contributed by atoms with van der Waals surface area (Å²) in [6.07, 6.45) is 2.72. The predicted octanol–water partition coefficient (Wildman–Crippen LogP) is 3.83. The summed E-state index contributed by atoms with van der Waals surface area (Å²) in [4.78, 5) is 4.29. The summed E-state index contributed by atoms with van der Waals surface area (Å²) >= 11 is 5.38. The van der Waals surface area contributed by atoms with Gasteiger partial charge in [0.25, 0.3) is 0 Å². The summed E-state index contributed by atoms with van der Waals surface area (Å²) in [5.74, 6) is 0.799. The lowest BCUT2D eigenvalue weighted by molar-refractivity contribution is 0.629. The summed E-state index contributed by atoms with van der Waals surface area (Å²) in [5.41, 5.74) is 2.31. The van der Waals surface area contributed by atoms with Crippen LogP contribution in [-0.2, 0) is 0 Å². The lowest BCUT2D eigenvalue weighted by Gasteiger charge is -2.20. The quantitative estimate of drug-likeness (QED) is 0.837. The minimum absolute atomic E-state index is 0.209. The Morgan fingerprint density at radius 2 is 1.95 bits per heavy atom. The highest BCUT2D eigenvalue weighted by Crippen LogP contribution is 2.16. The second-order valence-electron chi connectivity index (χ2n) is 4.64. The molecule has 1 aromatic carbocycles. The lowest BCUT2D eigenvalue weighted by atomic mass is 10.1. The Balaban J connectivity index is 2.02. The van der Waals surface area contributed by atoms with Crippen LogP contribution in [0.2, 0.25) is 0 Å². The molecule has 0 saturated heterocycles. The van der Waals surface area contributed by atoms with Crippen LogP contribution >= 0.6 is 12.2 Å². The maximum atomic E-state index is 5.38. The summed E-state index contributed by atoms with van der Waals surface area (Å²) in [7, 11) is 0. The van der Waals surface area contributed by atoms with E-state index in [0.29, 0.717) is 5.11 Å². The molecule has 2 rings (SSSR count). The molecule has 0 saturated carbocycles. The molecule has 1 aromatic heterocycles. The van der Waals surface area contributed by atoms with Gasteiger partial charge in [0, 0.05) is 6.20 Å². The molecule has 0 amide bonds. The largest absolute Gasteiger partial charge is 0.356 e. The molecule has 1 atom stereocenters. The molecule has 1 heterocycles. The first kappa shape index (κ1) is 14.5. The monoisotopic (exact) mass is 285 g/mol. The minimum atomic E-state index is 0.209. The fourth-order valence-electron chi connectivity index (χ4n) is 2.02. The summed E-state index contributed by atoms with van der Waals surface area (Å²) < 4.78 is 0. The molecular weight excluding hydrogens is 266 g/mol. The molecule has 0 radical (unpaired) electrons. The second kappa shape index (κ2) is 7.01. The number of thiocarbonyl (C=S) groups is 1. The number of nitrogens with one attached hydrogen (secondary N) is 2. The number of hydrogen-bond donors (Lipinski definition) is 2. The molecule has 0 fully saturated rings. The van der Waals surface area contributed by atoms with Gasteiger partial charge in [-0.1, -0.05) is 43.3 Å². The highest BCUT2D eigenvalue weighted by Gasteiger charge is 2.10. The molecule has 0 bridgehead atoms. The highest BCUT2D eigenvalue weighted by atomic mass is 32.1. The van der Waals surface area contributed by atoms with Crippen molar-refractivity contribution < 1.29 is 0 Å². The number of nitrogens with zero attached hydrogens (tertiary/aromatic N) is 1. The molecule has 4 heteroatoms. The van der Waals surface area contributed by atoms with Crippen molar-refractivity contribution in [2.24, 2.45) is 0 Å². The van der Waals surface area contributed by atoms with Crippen LogP contribution in [0.15, 0.2) is 48.7 Å². The molecule has 3 nitrogen and oxygen atoms in total. The van der Waals surface area contributed by atoms with E-state index in [1.165, 1.54) is 5.56 Å². The van der Waals surface area contributed by atoms with E-state index in [4.69, 9.17) is 12.2 Å². The molecule has 0 spiro atoms. The molecular formula is C16H19N3S. The normalized spacial score (nSPS) is 11.7. The third kappa shape index (κ3) is 3.78. The predicted molar refractivity (Wildman–Crippen MR) is 87.8 cm³/mol. The van der Waals surface area contributed by atoms with Crippen LogP contribution in [0.1, 0.15) is 30.5 Å². The number of pyridine rings is 1. The van der Waals surface area contributed by atoms with Crippen LogP contribution in [0.4, 0.5) is 5.82 Å². The van der Waals surface area contributed by atoms with Gasteiger partial charge in [-0.05, 0) is 42.8 Å². The molecule has 104 valence electrons. The Morgan fingerprint density at radius 1 is 1.20 bits per heavy atom. The van der Waals surface area contributed by atoms with Gasteiger partial charge in [-0.25, -0.2) is 4.98 Å². The van der Waals surface area contributed by atoms with Crippen molar-refractivity contribution in [2.45, 2.75) is 26.3 Å². The number of hydrogen-bond acceptors (Lipinski definition) is 2. The molecule has 20 heavy (non-hydrogen) atoms. The maximum Gasteiger partial charge on any atom is 0.172 e. The Morgan fingerprint density at radius 3 is 2.60 bits per heavy atom. The van der Waals surface area contributed by atoms with Crippen molar-refractivity contribution in [1.82, 2.24) is 10.3 Å². The van der Waals surface area contributed by atoms with E-state index in [1.54, 1.807) is 6.20 Å². The van der Waals surface area contributed by atoms with E-state index < -0.39 is 0 Å². The summed E-state index contributed by atoms with van der Waals surface area (Å²) in [6.45, 7) is 4.14. The third-order valence-electron chi connectivity index (χ3n) is 3.16. The van der Waals surface area contributed by atoms with Crippen LogP contribution in [0.3, 0.4) is 0 Å². The van der Waals surface area contributed by atoms with Crippen molar-refractivity contribution in [3.8, 4) is 0 Å². The van der Waals surface area contributed by atoms with Crippen molar-refractivity contribution in [3.05, 3.63) is 59.8 Å². The Labute approximate surface area is 125 Å². The molecule has 0 aliphatic carbocycles. The smallest absolute Gasteiger partial charge is 0.172 e. The second-order valence-corrected chi connectivity index (χ2v) is 5.05. The molecule has 0 unspecified atom stereocenters. The fraction of sp³-hybridized carbons (Fsp3) is 0.250. The van der Waals surface area contributed by atoms with Crippen molar-refractivity contribution in [2.75, 3.05) is 5.32 Å². The van der Waals surface area contributed by atoms with Crippen molar-refractivity contribution in [3.63, 3.8) is 0 Å². The molecule has 2 aromatic rings. The van der Waals surface area contributed by atoms with E-state index in [2.05, 4.69) is 34.7 Å². The van der Waals surface area contributed by atoms with E-state index in [-0.39, 0.29) is 6.04 Å². The van der Waals surface area contributed by atoms with Crippen LogP contribution in [0.25, 0.3) is 0 Å². The molecule has 0 aliphatic rings. The zero-order chi connectivity index (χ0) is 14.4. The zero-order valence-corrected chi connectivity index (χ0v) is 12.6. The first-order valence-electron chi connectivity index (χ1n) is 6.74. The van der Waals surface area contributed by atoms with E-state index in [1.807, 2.05) is 37.3 Å². The molecule has 0 aliphatic heterocycles. The maximum absolute atomic E-state index is 5.38. The summed E-state index contributed by atoms with van der Waals surface area (Å²) in [6, 6.07) is 14.4. The van der Waals surface area contributed by atoms with Gasteiger partial charge in [0.1, 0.15) is 5.82 Å². The molecule has 2 N–H and O–H groups in total. The standard InChI is InChI=1S/C16H19N3S/c1-3-14(13-9-5-4-6-10-13)18-16(20)19-15-12(2)8-7-11-17-15/h4-11,14H,3H2,1-2H3,(H2,17,18,19,20)/t14-/m0/s1. The number of benzene rings is 1. The van der Waals surface area contributed by atoms with E-state index in [0.717, 1.165) is 17.8 Å². The third-order valence-corrected chi connectivity index (χ3v) is 3.38. The zero-order valence-electron chi connectivity index (χ0n) is 11.8. The highest BCUT2D eigenvalue weighted by molar-refractivity contribution is 7.80. The van der Waals surface area contributed by atoms with Gasteiger partial charge >= 0.3 is 0 Å². The van der Waals surface area contributed by atoms with Crippen LogP contribution in [-0.4, -0.2) is 10.1 Å². The Bertz CT molecular complexity index is 569. The number of aryl methyl sites for hydroxylation is 1. The fourth-order valence-corrected chi connectivity index (χ4v) is 2.26. The first-order chi connectivity index (χ1) is 9.70. The Kier molecular flexibility index (Phi) is 5.07. The van der Waals surface area contributed by atoms with E-state index in [9.17, 15) is 0 Å². The first-order valence-corrected chi connectivity index (χ1v) is 7.15. The summed E-state index contributed by atoms with van der Waals surface area (Å²) in [5, 5.41) is 7.09. The van der Waals surface area contributed by atoms with Crippen LogP contribution in [0, 0.1) is 6.92 Å². The van der Waals surface area contributed by atoms with Gasteiger partial charge in [0.05, 0.1) is 6.04 Å². The van der Waals surface area contributed by atoms with E-state index >= 15 is 0 Å². The van der Waals surface area contributed by atoms with Gasteiger partial charge in [0.2, 0.25) is 0 Å². The van der Waals surface area contributed by atoms with Crippen LogP contribution in [0.5, 0.6) is 0 Å². The minimum Gasteiger partial charge on any atom is -0.356 e. The number of aromatic nitrogens is 1. The van der Waals surface area contributed by atoms with Crippen LogP contribution < -0.4 is 10.6 Å². The topological polar surface area (TPSA) is 37.0 Å². The number of rotatable bonds is 4. The van der Waals surface area contributed by atoms with Gasteiger partial charge in [-0.2, -0.15) is 0 Å². The van der Waals surface area contributed by atoms with Crippen molar-refractivity contribution >= 4 is 23.1 Å². The average Bonchev–Trinajstić information content (AvgIpc) is 2.48. The van der Waals surface area contributed by atoms with Gasteiger partial charge < -0.3 is 10.6 Å². The lowest BCUT2D eigenvalue weighted by Crippen LogP contribution is -2.32. The van der Waals surface area contributed by atoms with Gasteiger partial charge in [-0.3, -0.25) is 0 Å². The average molecular weight is 285 g/mol.